The number of para-hydroxylation sites is 12. The van der Waals surface area contributed by atoms with E-state index in [1.54, 1.807) is 0 Å². The zero-order chi connectivity index (χ0) is 71.3. The molecule has 0 bridgehead atoms. The van der Waals surface area contributed by atoms with E-state index < -0.39 is 0 Å². The van der Waals surface area contributed by atoms with Gasteiger partial charge in [0.25, 0.3) is 6.71 Å². The van der Waals surface area contributed by atoms with Crippen LogP contribution in [0, 0.1) is 0 Å². The maximum Gasteiger partial charge on any atom is 0.252 e. The summed E-state index contributed by atoms with van der Waals surface area (Å²) in [6.07, 6.45) is 0. The molecule has 2 aliphatic heterocycles. The van der Waals surface area contributed by atoms with Gasteiger partial charge in [-0.1, -0.05) is 231 Å². The topological polar surface area (TPSA) is 30.1 Å². The van der Waals surface area contributed by atoms with Crippen LogP contribution in [-0.4, -0.2) is 29.2 Å². The lowest BCUT2D eigenvalue weighted by Gasteiger charge is -2.45. The van der Waals surface area contributed by atoms with E-state index in [0.29, 0.717) is 0 Å². The van der Waals surface area contributed by atoms with E-state index in [-0.39, 0.29) is 6.71 Å². The van der Waals surface area contributed by atoms with Gasteiger partial charge in [0.2, 0.25) is 0 Å². The summed E-state index contributed by atoms with van der Waals surface area (Å²) in [5.74, 6) is 0. The first-order valence-corrected chi connectivity index (χ1v) is 38.2. The van der Waals surface area contributed by atoms with Crippen LogP contribution in [0.1, 0.15) is 0 Å². The van der Waals surface area contributed by atoms with Gasteiger partial charge in [-0.3, -0.25) is 0 Å². The van der Waals surface area contributed by atoms with Crippen molar-refractivity contribution in [1.82, 2.24) is 22.5 Å². The first kappa shape index (κ1) is 58.7. The summed E-state index contributed by atoms with van der Waals surface area (Å²) in [5, 5.41) is 17.2. The van der Waals surface area contributed by atoms with Crippen LogP contribution in [0.3, 0.4) is 0 Å². The molecule has 8 heteroatoms. The molecule has 0 atom stereocenters. The number of anilines is 6. The molecule has 7 nitrogen and oxygen atoms in total. The fourth-order valence-electron chi connectivity index (χ4n) is 20.5. The standard InChI is InChI=1S/C102H60BN7/c1-3-27-63(28-4-1)104-88-45-21-11-35-70(88)76-57-82-96(59-94(76)104)107(84-41-17-7-31-66(84)61-51-78-72-37-13-23-47-90(72)109-91-48-24-14-38-73(91)79(52-61)101(78)109)98-55-65(106-86-43-19-9-33-68(86)69-34-10-20-44-87(69)106)56-99-100(98)103(82)83-58-77-71-36-12-22-46-89(71)105(64-29-5-2-6-30-64)95(77)60-97(83)108(99)85-42-18-8-32-67(85)62-53-80-74-39-15-25-49-92(74)110-93-50-26-16-40-75(93)81(54-62)102(80)110/h1-60H. The predicted molar refractivity (Wildman–Crippen MR) is 464 cm³/mol. The highest BCUT2D eigenvalue weighted by Gasteiger charge is 2.46. The van der Waals surface area contributed by atoms with E-state index in [1.165, 1.54) is 125 Å². The van der Waals surface area contributed by atoms with Gasteiger partial charge < -0.3 is 32.3 Å². The van der Waals surface area contributed by atoms with Crippen LogP contribution in [0.5, 0.6) is 0 Å². The van der Waals surface area contributed by atoms with Crippen molar-refractivity contribution in [3.05, 3.63) is 364 Å². The third-order valence-corrected chi connectivity index (χ3v) is 24.8. The van der Waals surface area contributed by atoms with Gasteiger partial charge in [-0.2, -0.15) is 0 Å². The number of nitrogens with zero attached hydrogens (tertiary/aromatic N) is 7. The van der Waals surface area contributed by atoms with Gasteiger partial charge in [-0.15, -0.1) is 0 Å². The molecule has 0 unspecified atom stereocenters. The Bertz CT molecular complexity index is 7490. The van der Waals surface area contributed by atoms with Gasteiger partial charge >= 0.3 is 0 Å². The predicted octanol–water partition coefficient (Wildman–Crippen LogP) is 24.7. The van der Waals surface area contributed by atoms with Crippen molar-refractivity contribution in [3.63, 3.8) is 0 Å². The maximum absolute atomic E-state index is 2.70. The Morgan fingerprint density at radius 1 is 0.182 bits per heavy atom. The molecule has 0 saturated carbocycles. The van der Waals surface area contributed by atoms with Gasteiger partial charge in [0.15, 0.2) is 0 Å². The van der Waals surface area contributed by atoms with E-state index in [9.17, 15) is 0 Å². The van der Waals surface area contributed by atoms with E-state index in [1.807, 2.05) is 0 Å². The minimum absolute atomic E-state index is 0.296. The molecule has 0 N–H and O–H groups in total. The molecule has 17 aromatic carbocycles. The maximum atomic E-state index is 2.70. The van der Waals surface area contributed by atoms with Gasteiger partial charge in [-0.05, 0) is 161 Å². The molecule has 0 radical (unpaired) electrons. The Labute approximate surface area is 630 Å². The number of hydrogen-bond donors (Lipinski definition) is 0. The summed E-state index contributed by atoms with van der Waals surface area (Å²) >= 11 is 0. The quantitative estimate of drug-likeness (QED) is 0.149. The lowest BCUT2D eigenvalue weighted by molar-refractivity contribution is 1.16. The number of aromatic nitrogens is 5. The second-order valence-corrected chi connectivity index (χ2v) is 30.2. The van der Waals surface area contributed by atoms with E-state index >= 15 is 0 Å². The van der Waals surface area contributed by atoms with E-state index in [0.717, 1.165) is 107 Å². The molecule has 110 heavy (non-hydrogen) atoms. The Hall–Kier alpha value is -14.6. The molecule has 0 aliphatic carbocycles. The smallest absolute Gasteiger partial charge is 0.252 e. The fraction of sp³-hybridized carbons (Fsp3) is 0. The summed E-state index contributed by atoms with van der Waals surface area (Å²) in [6, 6.07) is 138. The molecular formula is C102H60BN7. The molecule has 7 aromatic heterocycles. The van der Waals surface area contributed by atoms with Gasteiger partial charge in [-0.25, -0.2) is 0 Å². The molecule has 0 saturated heterocycles. The molecule has 0 spiro atoms. The monoisotopic (exact) mass is 1390 g/mol. The van der Waals surface area contributed by atoms with Crippen molar-refractivity contribution in [2.24, 2.45) is 0 Å². The zero-order valence-electron chi connectivity index (χ0n) is 59.3. The van der Waals surface area contributed by atoms with E-state index in [2.05, 4.69) is 396 Å². The summed E-state index contributed by atoms with van der Waals surface area (Å²) in [4.78, 5) is 5.39. The van der Waals surface area contributed by atoms with Crippen molar-refractivity contribution < 1.29 is 0 Å². The van der Waals surface area contributed by atoms with Crippen molar-refractivity contribution in [2.45, 2.75) is 0 Å². The van der Waals surface area contributed by atoms with Crippen molar-refractivity contribution >= 4 is 199 Å². The minimum Gasteiger partial charge on any atom is -0.311 e. The lowest BCUT2D eigenvalue weighted by atomic mass is 9.33. The highest BCUT2D eigenvalue weighted by atomic mass is 15.2. The first-order valence-electron chi connectivity index (χ1n) is 38.2. The molecule has 24 aromatic rings. The molecule has 26 rings (SSSR count). The van der Waals surface area contributed by atoms with Crippen LogP contribution < -0.4 is 26.2 Å². The average molecular weight is 1390 g/mol. The van der Waals surface area contributed by atoms with Crippen LogP contribution in [0.2, 0.25) is 0 Å². The highest BCUT2D eigenvalue weighted by molar-refractivity contribution is 7.00. The molecule has 0 fully saturated rings. The minimum atomic E-state index is -0.296. The Balaban J connectivity index is 0.843. The van der Waals surface area contributed by atoms with Gasteiger partial charge in [0.05, 0.1) is 83.3 Å². The molecule has 2 aliphatic rings. The summed E-state index contributed by atoms with van der Waals surface area (Å²) in [5.41, 5.74) is 32.4. The summed E-state index contributed by atoms with van der Waals surface area (Å²) in [7, 11) is 0. The molecule has 506 valence electrons. The molecule has 0 amide bonds. The highest BCUT2D eigenvalue weighted by Crippen LogP contribution is 2.54. The van der Waals surface area contributed by atoms with Crippen LogP contribution in [0.4, 0.5) is 34.1 Å². The van der Waals surface area contributed by atoms with Crippen LogP contribution >= 0.6 is 0 Å². The Morgan fingerprint density at radius 2 is 0.464 bits per heavy atom. The second kappa shape index (κ2) is 21.6. The lowest BCUT2D eigenvalue weighted by Crippen LogP contribution is -2.61. The van der Waals surface area contributed by atoms with Crippen LogP contribution in [0.15, 0.2) is 364 Å². The zero-order valence-corrected chi connectivity index (χ0v) is 59.3. The SMILES string of the molecule is c1ccc(-n2c3ccccc3c3cc4c(cc32)N(c2ccccc2-c2cc3c5ccccc5n5c6ccccc6c(c2)c35)c2cc(-n3c5ccccc5c5ccccc53)cc3c2B4c2cc4c5ccccc5n(-c5ccccc5)c4cc2N3c2ccccc2-c2cc3c4ccccc4n4c5ccccc5c(c2)c34)cc1. The van der Waals surface area contributed by atoms with Gasteiger partial charge in [0.1, 0.15) is 0 Å². The third kappa shape index (κ3) is 7.63. The summed E-state index contributed by atoms with van der Waals surface area (Å²) < 4.78 is 12.5. The van der Waals surface area contributed by atoms with Crippen LogP contribution in [-0.2, 0) is 0 Å². The number of benzene rings is 17. The van der Waals surface area contributed by atoms with Crippen molar-refractivity contribution in [3.8, 4) is 39.3 Å². The molecular weight excluding hydrogens is 1330 g/mol. The van der Waals surface area contributed by atoms with Crippen molar-refractivity contribution in [1.29, 1.82) is 0 Å². The molecule has 9 heterocycles. The number of rotatable bonds is 7. The summed E-state index contributed by atoms with van der Waals surface area (Å²) in [6.45, 7) is -0.296. The Kier molecular flexibility index (Phi) is 11.5. The Morgan fingerprint density at radius 3 is 0.818 bits per heavy atom. The normalized spacial score (nSPS) is 13.0. The fourth-order valence-corrected chi connectivity index (χ4v) is 20.5. The largest absolute Gasteiger partial charge is 0.311 e. The van der Waals surface area contributed by atoms with Crippen LogP contribution in [0.25, 0.3) is 181 Å². The third-order valence-electron chi connectivity index (χ3n) is 24.8. The second-order valence-electron chi connectivity index (χ2n) is 30.2. The van der Waals surface area contributed by atoms with Gasteiger partial charge in [0, 0.05) is 121 Å². The first-order chi connectivity index (χ1) is 54.6. The van der Waals surface area contributed by atoms with Crippen molar-refractivity contribution in [2.75, 3.05) is 9.80 Å². The number of hydrogen-bond acceptors (Lipinski definition) is 2. The number of fused-ring (bicyclic) bond motifs is 25. The van der Waals surface area contributed by atoms with E-state index in [4.69, 9.17) is 0 Å². The average Bonchev–Trinajstić information content (AvgIpc) is 1.01.